The van der Waals surface area contributed by atoms with Gasteiger partial charge in [0, 0.05) is 6.54 Å². The van der Waals surface area contributed by atoms with Crippen molar-refractivity contribution in [2.45, 2.75) is 23.7 Å². The van der Waals surface area contributed by atoms with Gasteiger partial charge in [-0.15, -0.1) is 0 Å². The Morgan fingerprint density at radius 1 is 1.21 bits per heavy atom. The summed E-state index contributed by atoms with van der Waals surface area (Å²) in [5.41, 5.74) is 7.07. The molecule has 0 bridgehead atoms. The fourth-order valence-electron chi connectivity index (χ4n) is 2.37. The van der Waals surface area contributed by atoms with E-state index in [4.69, 9.17) is 20.5 Å². The van der Waals surface area contributed by atoms with Gasteiger partial charge in [0.15, 0.2) is 16.5 Å². The van der Waals surface area contributed by atoms with Crippen LogP contribution >= 0.6 is 11.8 Å². The minimum Gasteiger partial charge on any atom is -0.493 e. The molecule has 0 aliphatic carbocycles. The molecule has 2 aromatic rings. The molecular formula is C19H20N5O3S+. The predicted octanol–water partition coefficient (Wildman–Crippen LogP) is 1.64. The van der Waals surface area contributed by atoms with Crippen molar-refractivity contribution in [2.75, 3.05) is 20.0 Å². The van der Waals surface area contributed by atoms with Crippen molar-refractivity contribution in [3.8, 4) is 23.6 Å². The Morgan fingerprint density at radius 3 is 2.50 bits per heavy atom. The van der Waals surface area contributed by atoms with Crippen LogP contribution in [-0.2, 0) is 11.3 Å². The fraction of sp³-hybridized carbons (Fsp3) is 0.263. The first-order chi connectivity index (χ1) is 13.4. The summed E-state index contributed by atoms with van der Waals surface area (Å²) < 4.78 is 10.4. The summed E-state index contributed by atoms with van der Waals surface area (Å²) in [5, 5.41) is 21.1. The highest BCUT2D eigenvalue weighted by Crippen LogP contribution is 2.28. The van der Waals surface area contributed by atoms with Crippen LogP contribution in [0.3, 0.4) is 0 Å². The van der Waals surface area contributed by atoms with Crippen molar-refractivity contribution in [3.63, 3.8) is 0 Å². The van der Waals surface area contributed by atoms with Gasteiger partial charge in [0.2, 0.25) is 5.91 Å². The number of nitrogens with one attached hydrogen (secondary N) is 2. The molecule has 8 nitrogen and oxygen atoms in total. The van der Waals surface area contributed by atoms with E-state index in [0.717, 1.165) is 17.3 Å². The summed E-state index contributed by atoms with van der Waals surface area (Å²) in [6, 6.07) is 10.7. The third kappa shape index (κ3) is 4.84. The molecule has 4 N–H and O–H groups in total. The summed E-state index contributed by atoms with van der Waals surface area (Å²) in [6.07, 6.45) is 0. The molecule has 9 heteroatoms. The van der Waals surface area contributed by atoms with E-state index in [-0.39, 0.29) is 22.9 Å². The molecule has 28 heavy (non-hydrogen) atoms. The van der Waals surface area contributed by atoms with E-state index in [1.807, 2.05) is 18.2 Å². The maximum atomic E-state index is 12.4. The Hall–Kier alpha value is -3.43. The lowest BCUT2D eigenvalue weighted by molar-refractivity contribution is -0.410. The maximum Gasteiger partial charge on any atom is 0.289 e. The second-order valence-corrected chi connectivity index (χ2v) is 7.08. The Bertz CT molecular complexity index is 965. The van der Waals surface area contributed by atoms with E-state index in [1.165, 1.54) is 6.07 Å². The lowest BCUT2D eigenvalue weighted by Gasteiger charge is -2.13. The molecule has 0 unspecified atom stereocenters. The highest BCUT2D eigenvalue weighted by atomic mass is 32.2. The van der Waals surface area contributed by atoms with Crippen LogP contribution in [0, 0.1) is 22.7 Å². The van der Waals surface area contributed by atoms with Crippen molar-refractivity contribution in [3.05, 3.63) is 41.0 Å². The number of carbonyl (C=O) groups is 1. The summed E-state index contributed by atoms with van der Waals surface area (Å²) in [7, 11) is 3.10. The number of hydrogen-bond donors (Lipinski definition) is 2. The number of nitrogens with two attached hydrogens (primary N) is 1. The molecule has 144 valence electrons. The number of aromatic amines is 1. The highest BCUT2D eigenvalue weighted by Gasteiger charge is 2.21. The Kier molecular flexibility index (Phi) is 7.08. The van der Waals surface area contributed by atoms with E-state index in [2.05, 4.69) is 10.3 Å². The lowest BCUT2D eigenvalue weighted by atomic mass is 10.2. The number of pyridine rings is 1. The molecule has 2 rings (SSSR count). The number of nitrogens with zero attached hydrogens (tertiary/aromatic N) is 2. The molecule has 0 spiro atoms. The van der Waals surface area contributed by atoms with Gasteiger partial charge < -0.3 is 14.8 Å². The topological polar surface area (TPSA) is 135 Å². The van der Waals surface area contributed by atoms with Gasteiger partial charge in [-0.05, 0) is 30.7 Å². The molecule has 0 saturated carbocycles. The molecule has 1 heterocycles. The Labute approximate surface area is 167 Å². The van der Waals surface area contributed by atoms with Crippen LogP contribution in [0.4, 0.5) is 5.82 Å². The van der Waals surface area contributed by atoms with Gasteiger partial charge in [-0.25, -0.2) is 4.98 Å². The van der Waals surface area contributed by atoms with E-state index in [0.29, 0.717) is 23.1 Å². The standard InChI is InChI=1S/C19H19N5O3S/c1-11(28-19-14(9-21)7-13(8-20)17(22)24-19)18(25)23-10-12-4-5-15(26-2)16(6-12)27-3/h4-7,11H,10H2,1-3H3,(H2,22,24)(H,23,25)/p+1/t11-/m0/s1. The number of aromatic nitrogens is 1. The Morgan fingerprint density at radius 2 is 1.89 bits per heavy atom. The number of hydrogen-bond acceptors (Lipinski definition) is 7. The normalized spacial score (nSPS) is 11.0. The maximum absolute atomic E-state index is 12.4. The first kappa shape index (κ1) is 20.9. The van der Waals surface area contributed by atoms with Gasteiger partial charge in [0.05, 0.1) is 19.5 Å². The summed E-state index contributed by atoms with van der Waals surface area (Å²) >= 11 is 1.16. The fourth-order valence-corrected chi connectivity index (χ4v) is 3.31. The number of anilines is 1. The predicted molar refractivity (Wildman–Crippen MR) is 104 cm³/mol. The highest BCUT2D eigenvalue weighted by molar-refractivity contribution is 8.00. The number of amides is 1. The summed E-state index contributed by atoms with van der Waals surface area (Å²) in [5.74, 6) is 1.14. The van der Waals surface area contributed by atoms with Crippen LogP contribution in [0.15, 0.2) is 29.3 Å². The Balaban J connectivity index is 2.05. The van der Waals surface area contributed by atoms with Gasteiger partial charge in [0.25, 0.3) is 5.82 Å². The van der Waals surface area contributed by atoms with Crippen molar-refractivity contribution in [1.29, 1.82) is 10.5 Å². The molecule has 0 saturated heterocycles. The molecule has 1 aromatic heterocycles. The SMILES string of the molecule is COc1ccc(CNC(=O)[C@H](C)Sc2[nH+]c(N)c(C#N)cc2C#N)cc1OC. The number of H-pyrrole nitrogens is 1. The number of rotatable bonds is 7. The molecule has 0 radical (unpaired) electrons. The average Bonchev–Trinajstić information content (AvgIpc) is 2.71. The van der Waals surface area contributed by atoms with E-state index >= 15 is 0 Å². The van der Waals surface area contributed by atoms with Gasteiger partial charge in [-0.1, -0.05) is 17.8 Å². The molecule has 1 atom stereocenters. The van der Waals surface area contributed by atoms with Gasteiger partial charge in [-0.2, -0.15) is 10.5 Å². The average molecular weight is 398 g/mol. The molecule has 0 aliphatic rings. The van der Waals surface area contributed by atoms with Crippen LogP contribution in [-0.4, -0.2) is 25.4 Å². The number of ether oxygens (including phenoxy) is 2. The van der Waals surface area contributed by atoms with Crippen molar-refractivity contribution >= 4 is 23.5 Å². The van der Waals surface area contributed by atoms with Gasteiger partial charge >= 0.3 is 0 Å². The van der Waals surface area contributed by atoms with Crippen LogP contribution in [0.1, 0.15) is 23.6 Å². The molecule has 0 fully saturated rings. The zero-order valence-electron chi connectivity index (χ0n) is 15.7. The number of benzene rings is 1. The smallest absolute Gasteiger partial charge is 0.289 e. The monoisotopic (exact) mass is 398 g/mol. The van der Waals surface area contributed by atoms with Crippen molar-refractivity contribution in [1.82, 2.24) is 5.32 Å². The van der Waals surface area contributed by atoms with Crippen LogP contribution < -0.4 is 25.5 Å². The van der Waals surface area contributed by atoms with Crippen LogP contribution in [0.25, 0.3) is 0 Å². The summed E-state index contributed by atoms with van der Waals surface area (Å²) in [4.78, 5) is 15.3. The van der Waals surface area contributed by atoms with Gasteiger partial charge in [0.1, 0.15) is 23.3 Å². The zero-order valence-corrected chi connectivity index (χ0v) is 16.5. The number of carbonyl (C=O) groups excluding carboxylic acids is 1. The second kappa shape index (κ2) is 9.49. The largest absolute Gasteiger partial charge is 0.493 e. The minimum absolute atomic E-state index is 0.155. The third-order valence-corrected chi connectivity index (χ3v) is 5.02. The van der Waals surface area contributed by atoms with Crippen LogP contribution in [0.5, 0.6) is 11.5 Å². The van der Waals surface area contributed by atoms with Crippen molar-refractivity contribution in [2.24, 2.45) is 0 Å². The quantitative estimate of drug-likeness (QED) is 0.677. The third-order valence-electron chi connectivity index (χ3n) is 3.89. The van der Waals surface area contributed by atoms with Gasteiger partial charge in [-0.3, -0.25) is 10.5 Å². The lowest BCUT2D eigenvalue weighted by Crippen LogP contribution is -2.31. The van der Waals surface area contributed by atoms with Crippen molar-refractivity contribution < 1.29 is 19.3 Å². The summed E-state index contributed by atoms with van der Waals surface area (Å²) in [6.45, 7) is 2.03. The number of nitrogen functional groups attached to an aromatic ring is 1. The number of thioether (sulfide) groups is 1. The second-order valence-electron chi connectivity index (χ2n) is 5.73. The first-order valence-corrected chi connectivity index (χ1v) is 9.12. The molecule has 1 amide bonds. The van der Waals surface area contributed by atoms with Crippen LogP contribution in [0.2, 0.25) is 0 Å². The molecule has 0 aliphatic heterocycles. The minimum atomic E-state index is -0.490. The first-order valence-electron chi connectivity index (χ1n) is 8.24. The van der Waals surface area contributed by atoms with E-state index in [9.17, 15) is 10.1 Å². The number of nitriles is 2. The molecule has 1 aromatic carbocycles. The number of methoxy groups -OCH3 is 2. The van der Waals surface area contributed by atoms with E-state index in [1.54, 1.807) is 33.3 Å². The molecular weight excluding hydrogens is 378 g/mol. The van der Waals surface area contributed by atoms with E-state index < -0.39 is 5.25 Å². The zero-order chi connectivity index (χ0) is 20.7.